The van der Waals surface area contributed by atoms with Gasteiger partial charge in [-0.05, 0) is 55.7 Å². The highest BCUT2D eigenvalue weighted by Gasteiger charge is 2.21. The van der Waals surface area contributed by atoms with E-state index < -0.39 is 0 Å². The Labute approximate surface area is 104 Å². The van der Waals surface area contributed by atoms with Crippen LogP contribution in [0.25, 0.3) is 0 Å². The first-order valence-electron chi connectivity index (χ1n) is 6.96. The van der Waals surface area contributed by atoms with Crippen LogP contribution in [0.4, 0.5) is 5.69 Å². The Kier molecular flexibility index (Phi) is 3.06. The fraction of sp³-hybridized carbons (Fsp3) is 0.600. The number of hydrogen-bond acceptors (Lipinski definition) is 2. The average molecular weight is 230 g/mol. The van der Waals surface area contributed by atoms with Gasteiger partial charge in [-0.1, -0.05) is 12.1 Å². The molecule has 2 N–H and O–H groups in total. The highest BCUT2D eigenvalue weighted by Crippen LogP contribution is 2.31. The van der Waals surface area contributed by atoms with E-state index in [4.69, 9.17) is 5.73 Å². The third-order valence-corrected chi connectivity index (χ3v) is 4.17. The SMILES string of the molecule is NC1CCCN(c2cccc3c2CCCC3)C1. The van der Waals surface area contributed by atoms with Crippen LogP contribution in [0.2, 0.25) is 0 Å². The molecule has 1 aliphatic carbocycles. The quantitative estimate of drug-likeness (QED) is 0.803. The number of aryl methyl sites for hydroxylation is 1. The second-order valence-electron chi connectivity index (χ2n) is 5.47. The van der Waals surface area contributed by atoms with Gasteiger partial charge in [0.05, 0.1) is 0 Å². The molecule has 0 amide bonds. The number of nitrogens with two attached hydrogens (primary N) is 1. The molecule has 17 heavy (non-hydrogen) atoms. The molecule has 1 aromatic rings. The van der Waals surface area contributed by atoms with Crippen LogP contribution < -0.4 is 10.6 Å². The zero-order valence-electron chi connectivity index (χ0n) is 10.5. The van der Waals surface area contributed by atoms with Gasteiger partial charge in [-0.15, -0.1) is 0 Å². The monoisotopic (exact) mass is 230 g/mol. The molecular weight excluding hydrogens is 208 g/mol. The Hall–Kier alpha value is -1.02. The van der Waals surface area contributed by atoms with Crippen LogP contribution in [-0.4, -0.2) is 19.1 Å². The molecule has 1 unspecified atom stereocenters. The van der Waals surface area contributed by atoms with Crippen molar-refractivity contribution in [2.24, 2.45) is 5.73 Å². The van der Waals surface area contributed by atoms with E-state index >= 15 is 0 Å². The molecule has 1 heterocycles. The largest absolute Gasteiger partial charge is 0.370 e. The van der Waals surface area contributed by atoms with Crippen molar-refractivity contribution in [1.29, 1.82) is 0 Å². The lowest BCUT2D eigenvalue weighted by Gasteiger charge is -2.35. The highest BCUT2D eigenvalue weighted by molar-refractivity contribution is 5.58. The molecule has 0 radical (unpaired) electrons. The van der Waals surface area contributed by atoms with E-state index in [1.165, 1.54) is 50.8 Å². The Morgan fingerprint density at radius 3 is 2.88 bits per heavy atom. The van der Waals surface area contributed by atoms with Gasteiger partial charge in [-0.2, -0.15) is 0 Å². The normalized spacial score (nSPS) is 24.5. The zero-order valence-corrected chi connectivity index (χ0v) is 10.5. The van der Waals surface area contributed by atoms with Gasteiger partial charge in [0.15, 0.2) is 0 Å². The third-order valence-electron chi connectivity index (χ3n) is 4.17. The molecule has 1 aromatic carbocycles. The van der Waals surface area contributed by atoms with Crippen molar-refractivity contribution in [2.75, 3.05) is 18.0 Å². The molecule has 92 valence electrons. The summed E-state index contributed by atoms with van der Waals surface area (Å²) in [4.78, 5) is 2.51. The van der Waals surface area contributed by atoms with Crippen LogP contribution >= 0.6 is 0 Å². The Morgan fingerprint density at radius 2 is 2.00 bits per heavy atom. The lowest BCUT2D eigenvalue weighted by atomic mass is 9.89. The Balaban J connectivity index is 1.91. The third kappa shape index (κ3) is 2.19. The zero-order chi connectivity index (χ0) is 11.7. The number of rotatable bonds is 1. The summed E-state index contributed by atoms with van der Waals surface area (Å²) in [6.45, 7) is 2.22. The Morgan fingerprint density at radius 1 is 1.12 bits per heavy atom. The van der Waals surface area contributed by atoms with Crippen molar-refractivity contribution in [3.8, 4) is 0 Å². The van der Waals surface area contributed by atoms with E-state index in [0.717, 1.165) is 6.54 Å². The van der Waals surface area contributed by atoms with E-state index in [-0.39, 0.29) is 0 Å². The lowest BCUT2D eigenvalue weighted by Crippen LogP contribution is -2.43. The molecule has 2 nitrogen and oxygen atoms in total. The van der Waals surface area contributed by atoms with Gasteiger partial charge in [-0.3, -0.25) is 0 Å². The minimum absolute atomic E-state index is 0.364. The maximum Gasteiger partial charge on any atom is 0.0402 e. The first kappa shape index (κ1) is 11.1. The van der Waals surface area contributed by atoms with Gasteiger partial charge >= 0.3 is 0 Å². The van der Waals surface area contributed by atoms with Crippen molar-refractivity contribution >= 4 is 5.69 Å². The van der Waals surface area contributed by atoms with Gasteiger partial charge in [0.2, 0.25) is 0 Å². The maximum absolute atomic E-state index is 6.10. The van der Waals surface area contributed by atoms with Crippen LogP contribution in [0, 0.1) is 0 Å². The number of piperidine rings is 1. The number of nitrogens with zero attached hydrogens (tertiary/aromatic N) is 1. The highest BCUT2D eigenvalue weighted by atomic mass is 15.2. The van der Waals surface area contributed by atoms with Crippen LogP contribution in [-0.2, 0) is 12.8 Å². The summed E-state index contributed by atoms with van der Waals surface area (Å²) in [6.07, 6.45) is 7.66. The van der Waals surface area contributed by atoms with Crippen LogP contribution in [0.5, 0.6) is 0 Å². The standard InChI is InChI=1S/C15H22N2/c16-13-7-4-10-17(11-13)15-9-3-6-12-5-1-2-8-14(12)15/h3,6,9,13H,1-2,4-5,7-8,10-11,16H2. The molecule has 1 saturated heterocycles. The lowest BCUT2D eigenvalue weighted by molar-refractivity contribution is 0.504. The molecule has 1 atom stereocenters. The van der Waals surface area contributed by atoms with Gasteiger partial charge in [-0.25, -0.2) is 0 Å². The minimum Gasteiger partial charge on any atom is -0.370 e. The van der Waals surface area contributed by atoms with Gasteiger partial charge in [0.1, 0.15) is 0 Å². The number of anilines is 1. The summed E-state index contributed by atoms with van der Waals surface area (Å²) in [5.41, 5.74) is 10.7. The van der Waals surface area contributed by atoms with E-state index in [2.05, 4.69) is 23.1 Å². The fourth-order valence-corrected chi connectivity index (χ4v) is 3.29. The number of hydrogen-bond donors (Lipinski definition) is 1. The minimum atomic E-state index is 0.364. The van der Waals surface area contributed by atoms with Crippen LogP contribution in [0.1, 0.15) is 36.8 Å². The first-order valence-corrected chi connectivity index (χ1v) is 6.96. The fourth-order valence-electron chi connectivity index (χ4n) is 3.29. The molecule has 3 rings (SSSR count). The van der Waals surface area contributed by atoms with E-state index in [9.17, 15) is 0 Å². The second-order valence-corrected chi connectivity index (χ2v) is 5.47. The first-order chi connectivity index (χ1) is 8.34. The van der Waals surface area contributed by atoms with Gasteiger partial charge < -0.3 is 10.6 Å². The summed E-state index contributed by atoms with van der Waals surface area (Å²) < 4.78 is 0. The molecule has 0 bridgehead atoms. The van der Waals surface area contributed by atoms with Crippen molar-refractivity contribution in [3.05, 3.63) is 29.3 Å². The van der Waals surface area contributed by atoms with E-state index in [0.29, 0.717) is 6.04 Å². The van der Waals surface area contributed by atoms with E-state index in [1.807, 2.05) is 0 Å². The topological polar surface area (TPSA) is 29.3 Å². The summed E-state index contributed by atoms with van der Waals surface area (Å²) in [7, 11) is 0. The number of benzene rings is 1. The Bertz CT molecular complexity index is 400. The molecule has 1 fully saturated rings. The molecule has 0 saturated carbocycles. The molecule has 2 heteroatoms. The number of fused-ring (bicyclic) bond motifs is 1. The predicted octanol–water partition coefficient (Wildman–Crippen LogP) is 2.49. The predicted molar refractivity (Wildman–Crippen MR) is 72.5 cm³/mol. The summed E-state index contributed by atoms with van der Waals surface area (Å²) in [6, 6.07) is 7.19. The maximum atomic E-state index is 6.10. The van der Waals surface area contributed by atoms with Crippen LogP contribution in [0.15, 0.2) is 18.2 Å². The molecule has 2 aliphatic rings. The molecule has 0 spiro atoms. The molecule has 1 aliphatic heterocycles. The van der Waals surface area contributed by atoms with Crippen molar-refractivity contribution in [2.45, 2.75) is 44.6 Å². The van der Waals surface area contributed by atoms with Gasteiger partial charge in [0, 0.05) is 24.8 Å². The molecular formula is C15H22N2. The van der Waals surface area contributed by atoms with Crippen LogP contribution in [0.3, 0.4) is 0 Å². The summed E-state index contributed by atoms with van der Waals surface area (Å²) in [5, 5.41) is 0. The van der Waals surface area contributed by atoms with Gasteiger partial charge in [0.25, 0.3) is 0 Å². The smallest absolute Gasteiger partial charge is 0.0402 e. The van der Waals surface area contributed by atoms with Crippen molar-refractivity contribution in [1.82, 2.24) is 0 Å². The van der Waals surface area contributed by atoms with Crippen molar-refractivity contribution < 1.29 is 0 Å². The van der Waals surface area contributed by atoms with Crippen molar-refractivity contribution in [3.63, 3.8) is 0 Å². The summed E-state index contributed by atoms with van der Waals surface area (Å²) in [5.74, 6) is 0. The second kappa shape index (κ2) is 4.69. The molecule has 0 aromatic heterocycles. The van der Waals surface area contributed by atoms with E-state index in [1.54, 1.807) is 11.1 Å². The summed E-state index contributed by atoms with van der Waals surface area (Å²) >= 11 is 0. The average Bonchev–Trinajstić information content (AvgIpc) is 2.38.